The molecule has 1 heterocycles. The molecule has 0 spiro atoms. The zero-order valence-corrected chi connectivity index (χ0v) is 20.2. The quantitative estimate of drug-likeness (QED) is 0.669. The Bertz CT molecular complexity index is 840. The lowest BCUT2D eigenvalue weighted by atomic mass is 9.78. The predicted octanol–water partition coefficient (Wildman–Crippen LogP) is 3.31. The summed E-state index contributed by atoms with van der Waals surface area (Å²) in [5.74, 6) is 1.47. The van der Waals surface area contributed by atoms with Crippen molar-refractivity contribution in [3.8, 4) is 0 Å². The molecule has 7 heteroatoms. The molecule has 1 aliphatic carbocycles. The Morgan fingerprint density at radius 2 is 1.84 bits per heavy atom. The van der Waals surface area contributed by atoms with Gasteiger partial charge in [0.1, 0.15) is 0 Å². The molecule has 1 saturated carbocycles. The molecule has 1 amide bonds. The first-order chi connectivity index (χ1) is 14.7. The van der Waals surface area contributed by atoms with Crippen LogP contribution in [0.3, 0.4) is 0 Å². The van der Waals surface area contributed by atoms with Gasteiger partial charge in [-0.3, -0.25) is 9.69 Å². The molecule has 174 valence electrons. The molecule has 0 aromatic heterocycles. The van der Waals surface area contributed by atoms with E-state index < -0.39 is 10.0 Å². The number of aryl methyl sites for hydroxylation is 1. The van der Waals surface area contributed by atoms with E-state index >= 15 is 0 Å². The third-order valence-electron chi connectivity index (χ3n) is 7.41. The van der Waals surface area contributed by atoms with E-state index in [-0.39, 0.29) is 23.9 Å². The molecule has 2 aliphatic rings. The summed E-state index contributed by atoms with van der Waals surface area (Å²) in [7, 11) is -3.51. The van der Waals surface area contributed by atoms with Crippen LogP contribution in [-0.4, -0.2) is 50.9 Å². The van der Waals surface area contributed by atoms with Crippen molar-refractivity contribution in [2.75, 3.05) is 19.6 Å². The molecular formula is C24H39N3O3S. The fraction of sp³-hybridized carbons (Fsp3) is 0.708. The van der Waals surface area contributed by atoms with Crippen molar-refractivity contribution in [1.29, 1.82) is 0 Å². The summed E-state index contributed by atoms with van der Waals surface area (Å²) in [6.45, 7) is 10.5. The second-order valence-electron chi connectivity index (χ2n) is 9.73. The number of sulfonamides is 1. The van der Waals surface area contributed by atoms with E-state index in [4.69, 9.17) is 0 Å². The monoisotopic (exact) mass is 449 g/mol. The highest BCUT2D eigenvalue weighted by atomic mass is 32.2. The standard InChI is InChI=1S/C24H39N3O3S/c1-17-10-12-22(13-11-17)31(29,30)25-15-21-8-6-14-27(16-21)20(4)24(28)26-23-9-5-7-18(2)19(23)3/h10-13,18-21,23,25H,5-9,14-16H2,1-4H3,(H,26,28). The summed E-state index contributed by atoms with van der Waals surface area (Å²) < 4.78 is 28.0. The van der Waals surface area contributed by atoms with Crippen molar-refractivity contribution in [2.24, 2.45) is 17.8 Å². The second kappa shape index (κ2) is 10.5. The molecule has 1 aromatic carbocycles. The molecule has 31 heavy (non-hydrogen) atoms. The Kier molecular flexibility index (Phi) is 8.16. The van der Waals surface area contributed by atoms with Gasteiger partial charge in [0.2, 0.25) is 15.9 Å². The van der Waals surface area contributed by atoms with E-state index in [1.165, 1.54) is 12.8 Å². The number of likely N-dealkylation sites (tertiary alicyclic amines) is 1. The third-order valence-corrected chi connectivity index (χ3v) is 8.84. The SMILES string of the molecule is Cc1ccc(S(=O)(=O)NCC2CCCN(C(C)C(=O)NC3CCCC(C)C3C)C2)cc1. The Balaban J connectivity index is 1.52. The number of hydrogen-bond acceptors (Lipinski definition) is 4. The van der Waals surface area contributed by atoms with E-state index in [0.29, 0.717) is 23.3 Å². The average Bonchev–Trinajstić information content (AvgIpc) is 2.75. The van der Waals surface area contributed by atoms with Crippen LogP contribution < -0.4 is 10.0 Å². The molecule has 0 bridgehead atoms. The summed E-state index contributed by atoms with van der Waals surface area (Å²) in [5.41, 5.74) is 1.03. The fourth-order valence-corrected chi connectivity index (χ4v) is 6.01. The number of carbonyl (C=O) groups is 1. The van der Waals surface area contributed by atoms with Crippen LogP contribution in [0.2, 0.25) is 0 Å². The van der Waals surface area contributed by atoms with Crippen LogP contribution in [0.25, 0.3) is 0 Å². The van der Waals surface area contributed by atoms with Gasteiger partial charge in [0.05, 0.1) is 10.9 Å². The molecule has 3 rings (SSSR count). The molecule has 5 atom stereocenters. The van der Waals surface area contributed by atoms with Gasteiger partial charge < -0.3 is 5.32 Å². The first kappa shape index (κ1) is 24.2. The molecule has 1 aliphatic heterocycles. The number of hydrogen-bond donors (Lipinski definition) is 2. The minimum atomic E-state index is -3.51. The fourth-order valence-electron chi connectivity index (χ4n) is 4.90. The minimum Gasteiger partial charge on any atom is -0.352 e. The molecule has 2 fully saturated rings. The first-order valence-electron chi connectivity index (χ1n) is 11.8. The number of benzene rings is 1. The normalized spacial score (nSPS) is 28.8. The predicted molar refractivity (Wildman–Crippen MR) is 124 cm³/mol. The van der Waals surface area contributed by atoms with Crippen LogP contribution in [0.15, 0.2) is 29.2 Å². The van der Waals surface area contributed by atoms with Crippen LogP contribution in [0.4, 0.5) is 0 Å². The second-order valence-corrected chi connectivity index (χ2v) is 11.5. The van der Waals surface area contributed by atoms with Gasteiger partial charge in [-0.05, 0) is 69.5 Å². The van der Waals surface area contributed by atoms with E-state index in [1.54, 1.807) is 12.1 Å². The molecule has 2 N–H and O–H groups in total. The maximum Gasteiger partial charge on any atom is 0.240 e. The van der Waals surface area contributed by atoms with E-state index in [1.807, 2.05) is 26.0 Å². The largest absolute Gasteiger partial charge is 0.352 e. The molecule has 1 aromatic rings. The Morgan fingerprint density at radius 3 is 2.55 bits per heavy atom. The van der Waals surface area contributed by atoms with Gasteiger partial charge >= 0.3 is 0 Å². The number of amides is 1. The lowest BCUT2D eigenvalue weighted by Crippen LogP contribution is -2.54. The van der Waals surface area contributed by atoms with E-state index in [9.17, 15) is 13.2 Å². The number of rotatable bonds is 7. The maximum absolute atomic E-state index is 12.9. The Morgan fingerprint density at radius 1 is 1.13 bits per heavy atom. The molecular weight excluding hydrogens is 410 g/mol. The lowest BCUT2D eigenvalue weighted by molar-refractivity contribution is -0.128. The van der Waals surface area contributed by atoms with Crippen LogP contribution in [-0.2, 0) is 14.8 Å². The topological polar surface area (TPSA) is 78.5 Å². The number of carbonyl (C=O) groups excluding carboxylic acids is 1. The minimum absolute atomic E-state index is 0.104. The van der Waals surface area contributed by atoms with Gasteiger partial charge in [-0.15, -0.1) is 0 Å². The highest BCUT2D eigenvalue weighted by Gasteiger charge is 2.32. The summed E-state index contributed by atoms with van der Waals surface area (Å²) in [6, 6.07) is 6.98. The van der Waals surface area contributed by atoms with Crippen molar-refractivity contribution in [3.05, 3.63) is 29.8 Å². The summed E-state index contributed by atoms with van der Waals surface area (Å²) in [4.78, 5) is 15.4. The zero-order valence-electron chi connectivity index (χ0n) is 19.4. The van der Waals surface area contributed by atoms with Crippen molar-refractivity contribution < 1.29 is 13.2 Å². The van der Waals surface area contributed by atoms with Crippen molar-refractivity contribution in [2.45, 2.75) is 76.8 Å². The Labute approximate surface area is 188 Å². The summed E-state index contributed by atoms with van der Waals surface area (Å²) in [6.07, 6.45) is 5.43. The number of nitrogens with zero attached hydrogens (tertiary/aromatic N) is 1. The van der Waals surface area contributed by atoms with Gasteiger partial charge in [0.15, 0.2) is 0 Å². The lowest BCUT2D eigenvalue weighted by Gasteiger charge is -2.39. The van der Waals surface area contributed by atoms with Crippen molar-refractivity contribution in [3.63, 3.8) is 0 Å². The van der Waals surface area contributed by atoms with E-state index in [2.05, 4.69) is 28.8 Å². The van der Waals surface area contributed by atoms with Crippen LogP contribution in [0.1, 0.15) is 58.4 Å². The Hall–Kier alpha value is -1.44. The van der Waals surface area contributed by atoms with Crippen LogP contribution in [0.5, 0.6) is 0 Å². The first-order valence-corrected chi connectivity index (χ1v) is 13.3. The molecule has 6 nitrogen and oxygen atoms in total. The molecule has 1 saturated heterocycles. The summed E-state index contributed by atoms with van der Waals surface area (Å²) in [5, 5.41) is 3.30. The third kappa shape index (κ3) is 6.30. The van der Waals surface area contributed by atoms with Gasteiger partial charge in [-0.1, -0.05) is 44.4 Å². The number of piperidine rings is 1. The highest BCUT2D eigenvalue weighted by molar-refractivity contribution is 7.89. The molecule has 0 radical (unpaired) electrons. The van der Waals surface area contributed by atoms with Gasteiger partial charge in [-0.2, -0.15) is 0 Å². The summed E-state index contributed by atoms with van der Waals surface area (Å²) >= 11 is 0. The van der Waals surface area contributed by atoms with E-state index in [0.717, 1.165) is 37.9 Å². The average molecular weight is 450 g/mol. The highest BCUT2D eigenvalue weighted by Crippen LogP contribution is 2.29. The van der Waals surface area contributed by atoms with Crippen molar-refractivity contribution >= 4 is 15.9 Å². The smallest absolute Gasteiger partial charge is 0.240 e. The van der Waals surface area contributed by atoms with Crippen LogP contribution >= 0.6 is 0 Å². The van der Waals surface area contributed by atoms with Crippen LogP contribution in [0, 0.1) is 24.7 Å². The van der Waals surface area contributed by atoms with Gasteiger partial charge in [0.25, 0.3) is 0 Å². The molecule has 5 unspecified atom stereocenters. The number of nitrogens with one attached hydrogen (secondary N) is 2. The van der Waals surface area contributed by atoms with Gasteiger partial charge in [-0.25, -0.2) is 13.1 Å². The maximum atomic E-state index is 12.9. The van der Waals surface area contributed by atoms with Crippen molar-refractivity contribution in [1.82, 2.24) is 14.9 Å². The zero-order chi connectivity index (χ0) is 22.6. The van der Waals surface area contributed by atoms with Gasteiger partial charge in [0, 0.05) is 19.1 Å².